The number of aliphatic carboxylic acids is 1. The quantitative estimate of drug-likeness (QED) is 0.131. The fourth-order valence-electron chi connectivity index (χ4n) is 3.60. The highest BCUT2D eigenvalue weighted by molar-refractivity contribution is 7.48. The first kappa shape index (κ1) is 28.1. The van der Waals surface area contributed by atoms with E-state index in [1.165, 1.54) is 29.0 Å². The lowest BCUT2D eigenvalue weighted by Gasteiger charge is -2.20. The Bertz CT molecular complexity index is 1360. The lowest BCUT2D eigenvalue weighted by molar-refractivity contribution is -0.686. The number of fused-ring (bicyclic) bond motifs is 1. The molecular weight excluding hydrogens is 504 g/mol. The Morgan fingerprint density at radius 1 is 1.24 bits per heavy atom. The Morgan fingerprint density at radius 3 is 2.68 bits per heavy atom. The van der Waals surface area contributed by atoms with E-state index in [4.69, 9.17) is 14.0 Å². The maximum absolute atomic E-state index is 12.6. The van der Waals surface area contributed by atoms with E-state index in [0.29, 0.717) is 11.3 Å². The Labute approximate surface area is 213 Å². The Kier molecular flexibility index (Phi) is 9.99. The van der Waals surface area contributed by atoms with Crippen LogP contribution in [0.3, 0.4) is 0 Å². The zero-order valence-corrected chi connectivity index (χ0v) is 21.4. The number of anilines is 1. The third-order valence-corrected chi connectivity index (χ3v) is 6.57. The number of alkyl halides is 1. The SMILES string of the molecule is CCN(CC)c1ccc2cc(/C=C/c3ccc([P+](=O)OCNC(O)CF)c[n+]3CC(=O)O)c(=O)oc2c1. The number of aromatic nitrogens is 1. The monoisotopic (exact) mass is 533 g/mol. The summed E-state index contributed by atoms with van der Waals surface area (Å²) in [6.07, 6.45) is 3.00. The summed E-state index contributed by atoms with van der Waals surface area (Å²) in [5, 5.41) is 21.7. The van der Waals surface area contributed by atoms with Gasteiger partial charge < -0.3 is 19.5 Å². The molecule has 1 aromatic carbocycles. The van der Waals surface area contributed by atoms with Crippen molar-refractivity contribution in [1.29, 1.82) is 0 Å². The van der Waals surface area contributed by atoms with Gasteiger partial charge in [-0.1, -0.05) is 0 Å². The number of nitrogens with one attached hydrogen (secondary N) is 1. The first-order valence-corrected chi connectivity index (χ1v) is 12.8. The van der Waals surface area contributed by atoms with Crippen molar-refractivity contribution in [1.82, 2.24) is 5.32 Å². The van der Waals surface area contributed by atoms with Crippen LogP contribution in [-0.4, -0.2) is 48.9 Å². The molecule has 2 heterocycles. The maximum Gasteiger partial charge on any atom is 0.556 e. The molecule has 37 heavy (non-hydrogen) atoms. The van der Waals surface area contributed by atoms with Crippen LogP contribution in [0.5, 0.6) is 0 Å². The number of rotatable bonds is 13. The van der Waals surface area contributed by atoms with Crippen molar-refractivity contribution in [2.75, 3.05) is 31.4 Å². The summed E-state index contributed by atoms with van der Waals surface area (Å²) in [5.41, 5.74) is 1.59. The summed E-state index contributed by atoms with van der Waals surface area (Å²) in [4.78, 5) is 26.1. The maximum atomic E-state index is 12.6. The van der Waals surface area contributed by atoms with Crippen LogP contribution in [0.4, 0.5) is 10.1 Å². The van der Waals surface area contributed by atoms with E-state index in [1.807, 2.05) is 32.0 Å². The number of halogens is 1. The van der Waals surface area contributed by atoms with Crippen molar-refractivity contribution in [3.63, 3.8) is 0 Å². The molecule has 3 rings (SSSR count). The molecule has 0 radical (unpaired) electrons. The van der Waals surface area contributed by atoms with Crippen molar-refractivity contribution >= 4 is 48.1 Å². The van der Waals surface area contributed by atoms with Crippen LogP contribution in [0.25, 0.3) is 23.1 Å². The third kappa shape index (κ3) is 7.50. The highest BCUT2D eigenvalue weighted by atomic mass is 31.1. The first-order valence-electron chi connectivity index (χ1n) is 11.6. The summed E-state index contributed by atoms with van der Waals surface area (Å²) in [7, 11) is -2.41. The number of carboxylic acid groups (broad SMARTS) is 1. The number of benzene rings is 1. The zero-order chi connectivity index (χ0) is 26.9. The van der Waals surface area contributed by atoms with Crippen molar-refractivity contribution < 1.29 is 37.5 Å². The highest BCUT2D eigenvalue weighted by Gasteiger charge is 2.28. The number of carboxylic acids is 1. The number of aliphatic hydroxyl groups is 1. The second-order valence-corrected chi connectivity index (χ2v) is 9.24. The average Bonchev–Trinajstić information content (AvgIpc) is 2.88. The predicted octanol–water partition coefficient (Wildman–Crippen LogP) is 2.40. The van der Waals surface area contributed by atoms with Crippen LogP contribution < -0.4 is 25.7 Å². The highest BCUT2D eigenvalue weighted by Crippen LogP contribution is 2.23. The molecule has 0 amide bonds. The molecule has 10 nitrogen and oxygen atoms in total. The summed E-state index contributed by atoms with van der Waals surface area (Å²) < 4.78 is 36.6. The number of hydrogen-bond acceptors (Lipinski definition) is 8. The van der Waals surface area contributed by atoms with Gasteiger partial charge in [0.2, 0.25) is 18.4 Å². The Balaban J connectivity index is 1.86. The standard InChI is InChI=1S/C25H28FN3O7P/c1-3-28(4-2)20-8-5-17-11-18(25(33)36-22(17)12-20)6-7-19-9-10-21(14-29(19)15-24(31)32)37(34)35-16-27-23(30)13-26/h5-12,14,23,27,30H,3-4,13,15-16H2,1-2H3/q+1/p+1. The Hall–Kier alpha value is -3.50. The second kappa shape index (κ2) is 13.2. The molecule has 0 spiro atoms. The lowest BCUT2D eigenvalue weighted by atomic mass is 10.1. The number of carbonyl (C=O) groups is 1. The molecule has 3 N–H and O–H groups in total. The minimum Gasteiger partial charge on any atom is -0.477 e. The van der Waals surface area contributed by atoms with E-state index in [-0.39, 0.29) is 17.6 Å². The molecule has 0 fully saturated rings. The molecule has 2 atom stereocenters. The molecule has 0 aliphatic rings. The van der Waals surface area contributed by atoms with Gasteiger partial charge in [0.05, 0.1) is 5.56 Å². The first-order chi connectivity index (χ1) is 17.7. The normalized spacial score (nSPS) is 12.7. The van der Waals surface area contributed by atoms with Crippen molar-refractivity contribution in [2.45, 2.75) is 26.6 Å². The molecule has 0 saturated carbocycles. The molecule has 196 valence electrons. The van der Waals surface area contributed by atoms with Gasteiger partial charge in [-0.05, 0) is 42.7 Å². The summed E-state index contributed by atoms with van der Waals surface area (Å²) in [6, 6.07) is 10.4. The Morgan fingerprint density at radius 2 is 2.00 bits per heavy atom. The molecule has 0 saturated heterocycles. The number of nitrogens with zero attached hydrogens (tertiary/aromatic N) is 2. The van der Waals surface area contributed by atoms with Crippen LogP contribution in [0, 0.1) is 0 Å². The van der Waals surface area contributed by atoms with Gasteiger partial charge in [0.1, 0.15) is 18.5 Å². The smallest absolute Gasteiger partial charge is 0.477 e. The summed E-state index contributed by atoms with van der Waals surface area (Å²) in [5.74, 6) is -1.13. The summed E-state index contributed by atoms with van der Waals surface area (Å²) in [6.45, 7) is 3.90. The molecule has 2 aromatic heterocycles. The number of pyridine rings is 1. The number of hydrogen-bond donors (Lipinski definition) is 3. The van der Waals surface area contributed by atoms with E-state index in [1.54, 1.807) is 12.1 Å². The van der Waals surface area contributed by atoms with E-state index in [2.05, 4.69) is 10.2 Å². The van der Waals surface area contributed by atoms with Crippen LogP contribution in [0.2, 0.25) is 0 Å². The summed E-state index contributed by atoms with van der Waals surface area (Å²) >= 11 is 0. The molecule has 12 heteroatoms. The third-order valence-electron chi connectivity index (χ3n) is 5.52. The van der Waals surface area contributed by atoms with Crippen molar-refractivity contribution in [3.05, 3.63) is 64.3 Å². The topological polar surface area (TPSA) is 133 Å². The van der Waals surface area contributed by atoms with Crippen LogP contribution in [0.1, 0.15) is 25.1 Å². The van der Waals surface area contributed by atoms with Crippen molar-refractivity contribution in [3.8, 4) is 0 Å². The van der Waals surface area contributed by atoms with E-state index >= 15 is 0 Å². The van der Waals surface area contributed by atoms with Gasteiger partial charge in [0.15, 0.2) is 6.73 Å². The molecule has 0 aliphatic heterocycles. The van der Waals surface area contributed by atoms with Crippen LogP contribution in [0.15, 0.2) is 51.8 Å². The molecule has 0 aliphatic carbocycles. The molecule has 3 aromatic rings. The predicted molar refractivity (Wildman–Crippen MR) is 138 cm³/mol. The van der Waals surface area contributed by atoms with Gasteiger partial charge in [-0.2, -0.15) is 4.57 Å². The van der Waals surface area contributed by atoms with Crippen LogP contribution in [-0.2, 0) is 20.4 Å². The molecule has 0 bridgehead atoms. The minimum atomic E-state index is -2.41. The zero-order valence-electron chi connectivity index (χ0n) is 20.5. The van der Waals surface area contributed by atoms with E-state index < -0.39 is 39.1 Å². The largest absolute Gasteiger partial charge is 0.556 e. The average molecular weight is 533 g/mol. The van der Waals surface area contributed by atoms with E-state index in [9.17, 15) is 23.7 Å². The van der Waals surface area contributed by atoms with Gasteiger partial charge in [-0.15, -0.1) is 4.52 Å². The molecule has 2 unspecified atom stereocenters. The van der Waals surface area contributed by atoms with Gasteiger partial charge in [-0.25, -0.2) is 14.0 Å². The molecular formula is C25H29FN3O7P+2. The van der Waals surface area contributed by atoms with Gasteiger partial charge in [0, 0.05) is 48.4 Å². The van der Waals surface area contributed by atoms with Crippen molar-refractivity contribution in [2.24, 2.45) is 0 Å². The number of aliphatic hydroxyl groups excluding tert-OH is 1. The van der Waals surface area contributed by atoms with Gasteiger partial charge >= 0.3 is 19.6 Å². The fourth-order valence-corrected chi connectivity index (χ4v) is 4.37. The van der Waals surface area contributed by atoms with Gasteiger partial charge in [-0.3, -0.25) is 5.32 Å². The minimum absolute atomic E-state index is 0.194. The van der Waals surface area contributed by atoms with Gasteiger partial charge in [0.25, 0.3) is 5.30 Å². The van der Waals surface area contributed by atoms with Crippen LogP contribution >= 0.6 is 8.03 Å². The van der Waals surface area contributed by atoms with E-state index in [0.717, 1.165) is 24.2 Å². The fraction of sp³-hybridized carbons (Fsp3) is 0.320. The second-order valence-electron chi connectivity index (χ2n) is 7.96. The lowest BCUT2D eigenvalue weighted by Crippen LogP contribution is -2.42.